The Morgan fingerprint density at radius 1 is 1.06 bits per heavy atom. The lowest BCUT2D eigenvalue weighted by molar-refractivity contribution is -0.160. The van der Waals surface area contributed by atoms with Gasteiger partial charge in [-0.15, -0.1) is 13.2 Å². The summed E-state index contributed by atoms with van der Waals surface area (Å²) in [4.78, 5) is 60.1. The maximum absolute atomic E-state index is 15.2. The molecule has 10 nitrogen and oxygen atoms in total. The molecule has 0 saturated carbocycles. The molecule has 3 heterocycles. The van der Waals surface area contributed by atoms with Gasteiger partial charge in [-0.05, 0) is 55.0 Å². The first-order valence-corrected chi connectivity index (χ1v) is 18.9. The van der Waals surface area contributed by atoms with E-state index in [-0.39, 0.29) is 36.7 Å². The molecule has 53 heavy (non-hydrogen) atoms. The number of nitrogens with zero attached hydrogens (tertiary/aromatic N) is 2. The van der Waals surface area contributed by atoms with E-state index in [1.165, 1.54) is 4.90 Å². The van der Waals surface area contributed by atoms with Crippen molar-refractivity contribution < 1.29 is 33.8 Å². The number of nitrogens with one attached hydrogen (secondary N) is 1. The highest BCUT2D eigenvalue weighted by Crippen LogP contribution is 2.61. The van der Waals surface area contributed by atoms with E-state index in [2.05, 4.69) is 34.4 Å². The minimum Gasteiger partial charge on any atom is -0.455 e. The van der Waals surface area contributed by atoms with Gasteiger partial charge >= 0.3 is 5.97 Å². The third kappa shape index (κ3) is 7.22. The van der Waals surface area contributed by atoms with Crippen LogP contribution in [0.15, 0.2) is 104 Å². The molecule has 0 radical (unpaired) electrons. The molecular formula is C42H46BrN3O7. The van der Waals surface area contributed by atoms with Gasteiger partial charge in [-0.2, -0.15) is 0 Å². The highest BCUT2D eigenvalue weighted by molar-refractivity contribution is 9.09. The number of aryl methyl sites for hydroxylation is 2. The molecule has 3 aliphatic rings. The van der Waals surface area contributed by atoms with Crippen LogP contribution < -0.4 is 10.2 Å². The van der Waals surface area contributed by atoms with Gasteiger partial charge in [0.15, 0.2) is 0 Å². The first-order valence-electron chi connectivity index (χ1n) is 18.0. The molecule has 11 heteroatoms. The minimum absolute atomic E-state index is 0.0195. The average molecular weight is 785 g/mol. The van der Waals surface area contributed by atoms with Crippen molar-refractivity contribution in [3.05, 3.63) is 126 Å². The van der Waals surface area contributed by atoms with Crippen LogP contribution in [0.5, 0.6) is 0 Å². The molecule has 1 unspecified atom stereocenters. The fourth-order valence-corrected chi connectivity index (χ4v) is 9.16. The molecule has 2 bridgehead atoms. The summed E-state index contributed by atoms with van der Waals surface area (Å²) in [6.07, 6.45) is 2.69. The maximum atomic E-state index is 15.2. The van der Waals surface area contributed by atoms with Crippen LogP contribution in [0.25, 0.3) is 0 Å². The van der Waals surface area contributed by atoms with E-state index >= 15 is 9.59 Å². The second-order valence-corrected chi connectivity index (χ2v) is 15.2. The molecule has 3 aromatic rings. The monoisotopic (exact) mass is 783 g/mol. The van der Waals surface area contributed by atoms with Gasteiger partial charge in [-0.1, -0.05) is 101 Å². The van der Waals surface area contributed by atoms with Crippen LogP contribution >= 0.6 is 15.9 Å². The summed E-state index contributed by atoms with van der Waals surface area (Å²) in [6, 6.07) is 21.9. The summed E-state index contributed by atoms with van der Waals surface area (Å²) in [7, 11) is 0. The van der Waals surface area contributed by atoms with Crippen molar-refractivity contribution in [1.29, 1.82) is 0 Å². The van der Waals surface area contributed by atoms with Crippen LogP contribution in [-0.2, 0) is 28.7 Å². The molecule has 6 rings (SSSR count). The van der Waals surface area contributed by atoms with Gasteiger partial charge in [0.05, 0.1) is 37.1 Å². The number of aliphatic hydroxyl groups is 1. The summed E-state index contributed by atoms with van der Waals surface area (Å²) in [5.41, 5.74) is 2.37. The van der Waals surface area contributed by atoms with Crippen LogP contribution in [0, 0.1) is 25.7 Å². The Morgan fingerprint density at radius 3 is 2.38 bits per heavy atom. The summed E-state index contributed by atoms with van der Waals surface area (Å²) in [6.45, 7) is 11.2. The molecule has 3 aromatic carbocycles. The quantitative estimate of drug-likeness (QED) is 0.116. The van der Waals surface area contributed by atoms with Crippen LogP contribution in [-0.4, -0.2) is 76.0 Å². The number of hydrogen-bond acceptors (Lipinski definition) is 7. The van der Waals surface area contributed by atoms with Crippen molar-refractivity contribution >= 4 is 45.3 Å². The number of allylic oxidation sites excluding steroid dienone is 1. The minimum atomic E-state index is -1.42. The van der Waals surface area contributed by atoms with E-state index in [4.69, 9.17) is 9.47 Å². The number of likely N-dealkylation sites (tertiary alicyclic amines) is 1. The normalized spacial score (nSPS) is 25.3. The van der Waals surface area contributed by atoms with E-state index in [1.54, 1.807) is 29.2 Å². The van der Waals surface area contributed by atoms with Crippen molar-refractivity contribution in [2.24, 2.45) is 11.8 Å². The highest BCUT2D eigenvalue weighted by atomic mass is 79.9. The lowest BCUT2D eigenvalue weighted by Crippen LogP contribution is -2.57. The second-order valence-electron chi connectivity index (χ2n) is 14.0. The molecule has 0 aliphatic carbocycles. The Bertz CT molecular complexity index is 1860. The average Bonchev–Trinajstić information content (AvgIpc) is 3.76. The summed E-state index contributed by atoms with van der Waals surface area (Å²) < 4.78 is 13.0. The number of alkyl halides is 1. The number of anilines is 1. The van der Waals surface area contributed by atoms with Crippen LogP contribution in [0.3, 0.4) is 0 Å². The molecule has 8 atom stereocenters. The number of rotatable bonds is 15. The number of carbonyl (C=O) groups is 4. The van der Waals surface area contributed by atoms with E-state index in [9.17, 15) is 14.7 Å². The second kappa shape index (κ2) is 16.2. The number of ether oxygens (including phenoxy) is 2. The Labute approximate surface area is 319 Å². The van der Waals surface area contributed by atoms with Gasteiger partial charge in [0.25, 0.3) is 5.91 Å². The largest absolute Gasteiger partial charge is 0.455 e. The Kier molecular flexibility index (Phi) is 11.7. The maximum Gasteiger partial charge on any atom is 0.313 e. The van der Waals surface area contributed by atoms with Gasteiger partial charge < -0.3 is 29.7 Å². The van der Waals surface area contributed by atoms with E-state index in [0.29, 0.717) is 23.2 Å². The number of benzene rings is 3. The molecule has 3 saturated heterocycles. The van der Waals surface area contributed by atoms with E-state index in [0.717, 1.165) is 11.1 Å². The fraction of sp³-hybridized carbons (Fsp3) is 0.381. The van der Waals surface area contributed by atoms with Gasteiger partial charge in [0, 0.05) is 23.5 Å². The number of aliphatic hydroxyl groups excluding tert-OH is 1. The number of esters is 1. The SMILES string of the molecule is C=CCCC(=O)NC[C@@H](OC(=O)[C@@H]1[C@H]2O[C@@]3(CC2Br)[C@H](C(=O)N(CC=C)c2cc(C)ccc2C)N([C@H](CO)c2ccccc2)C(=O)[C@@H]13)c1ccccc1. The van der Waals surface area contributed by atoms with E-state index in [1.807, 2.05) is 80.6 Å². The topological polar surface area (TPSA) is 125 Å². The Morgan fingerprint density at radius 2 is 1.74 bits per heavy atom. The van der Waals surface area contributed by atoms with Gasteiger partial charge in [-0.3, -0.25) is 19.2 Å². The fourth-order valence-electron chi connectivity index (χ4n) is 8.22. The highest BCUT2D eigenvalue weighted by Gasteiger charge is 2.77. The van der Waals surface area contributed by atoms with Crippen molar-refractivity contribution in [3.8, 4) is 0 Å². The number of amides is 3. The van der Waals surface area contributed by atoms with Crippen molar-refractivity contribution in [2.45, 2.75) is 67.8 Å². The number of carbonyl (C=O) groups excluding carboxylic acids is 4. The Balaban J connectivity index is 1.41. The molecule has 3 amide bonds. The van der Waals surface area contributed by atoms with E-state index < -0.39 is 66.1 Å². The third-order valence-electron chi connectivity index (χ3n) is 10.6. The zero-order valence-electron chi connectivity index (χ0n) is 30.0. The zero-order chi connectivity index (χ0) is 37.9. The lowest BCUT2D eigenvalue weighted by atomic mass is 9.70. The molecule has 3 fully saturated rings. The summed E-state index contributed by atoms with van der Waals surface area (Å²) in [5, 5.41) is 13.8. The number of halogens is 1. The van der Waals surface area contributed by atoms with Crippen molar-refractivity contribution in [3.63, 3.8) is 0 Å². The van der Waals surface area contributed by atoms with Gasteiger partial charge in [0.2, 0.25) is 11.8 Å². The van der Waals surface area contributed by atoms with Crippen LogP contribution in [0.2, 0.25) is 0 Å². The predicted molar refractivity (Wildman–Crippen MR) is 205 cm³/mol. The summed E-state index contributed by atoms with van der Waals surface area (Å²) in [5.74, 6) is -3.90. The molecule has 2 N–H and O–H groups in total. The van der Waals surface area contributed by atoms with Crippen molar-refractivity contribution in [1.82, 2.24) is 10.2 Å². The molecule has 3 aliphatic heterocycles. The Hall–Kier alpha value is -4.58. The first kappa shape index (κ1) is 38.2. The first-order chi connectivity index (χ1) is 25.6. The molecule has 1 spiro atoms. The van der Waals surface area contributed by atoms with Crippen LogP contribution in [0.1, 0.15) is 53.7 Å². The van der Waals surface area contributed by atoms with Crippen molar-refractivity contribution in [2.75, 3.05) is 24.6 Å². The van der Waals surface area contributed by atoms with Gasteiger partial charge in [0.1, 0.15) is 17.7 Å². The smallest absolute Gasteiger partial charge is 0.313 e. The number of fused-ring (bicyclic) bond motifs is 1. The van der Waals surface area contributed by atoms with Gasteiger partial charge in [-0.25, -0.2) is 0 Å². The van der Waals surface area contributed by atoms with Crippen LogP contribution in [0.4, 0.5) is 5.69 Å². The molecule has 0 aromatic heterocycles. The lowest BCUT2D eigenvalue weighted by Gasteiger charge is -2.39. The summed E-state index contributed by atoms with van der Waals surface area (Å²) >= 11 is 3.75. The zero-order valence-corrected chi connectivity index (χ0v) is 31.6. The number of hydrogen-bond donors (Lipinski definition) is 2. The standard InChI is InChI=1S/C42H46BrN3O7/c1-5-7-18-34(48)44-24-33(29-16-12-9-13-17-29)52-41(51)35-36-39(49)46(32(25-47)28-14-10-8-11-15-28)38(42(36)23-30(43)37(35)53-42)40(50)45(21-6-2)31-22-26(3)19-20-27(31)4/h5-6,8-17,19-20,22,30,32-33,35-38,47H,1-2,7,18,21,23-25H2,3-4H3,(H,44,48)/t30?,32-,33-,35+,36-,37+,38+,42-/m1/s1. The molecular weight excluding hydrogens is 738 g/mol. The third-order valence-corrected chi connectivity index (χ3v) is 11.5. The molecule has 278 valence electrons. The predicted octanol–water partition coefficient (Wildman–Crippen LogP) is 5.67.